The number of likely N-dealkylation sites (tertiary alicyclic amines) is 1. The number of rotatable bonds is 5. The number of fused-ring (bicyclic) bond motifs is 1. The summed E-state index contributed by atoms with van der Waals surface area (Å²) in [6.45, 7) is 9.18. The van der Waals surface area contributed by atoms with Gasteiger partial charge < -0.3 is 29.3 Å². The summed E-state index contributed by atoms with van der Waals surface area (Å²) in [6, 6.07) is 11.2. The molecule has 3 heterocycles. The standard InChI is InChI=1S/C26H25FN6O4/c1-28-17-3-8-22(21(27)15-17)31-24-23-25(30-16-29-24)33(13-14-36-23)18-9-11-32(12-10-18)26(34)37-20-6-4-19(35-2)5-7-20/h3-8,15-16,18H,9-14H2,2H3,(H,29,30,31). The summed E-state index contributed by atoms with van der Waals surface area (Å²) in [5, 5.41) is 2.97. The first-order chi connectivity index (χ1) is 18.1. The first-order valence-corrected chi connectivity index (χ1v) is 11.8. The number of hydrogen-bond donors (Lipinski definition) is 1. The molecule has 11 heteroatoms. The van der Waals surface area contributed by atoms with Crippen molar-refractivity contribution >= 4 is 29.1 Å². The van der Waals surface area contributed by atoms with Gasteiger partial charge in [0.1, 0.15) is 30.3 Å². The van der Waals surface area contributed by atoms with Crippen molar-refractivity contribution in [2.24, 2.45) is 0 Å². The maximum atomic E-state index is 14.4. The Kier molecular flexibility index (Phi) is 6.89. The van der Waals surface area contributed by atoms with Crippen LogP contribution in [0.15, 0.2) is 48.8 Å². The van der Waals surface area contributed by atoms with E-state index in [1.165, 1.54) is 24.5 Å². The highest BCUT2D eigenvalue weighted by Gasteiger charge is 2.33. The molecule has 1 amide bonds. The Morgan fingerprint density at radius 1 is 1.14 bits per heavy atom. The minimum Gasteiger partial charge on any atom is -0.497 e. The maximum Gasteiger partial charge on any atom is 0.415 e. The van der Waals surface area contributed by atoms with E-state index < -0.39 is 5.82 Å². The largest absolute Gasteiger partial charge is 0.497 e. The lowest BCUT2D eigenvalue weighted by molar-refractivity contribution is 0.137. The fourth-order valence-corrected chi connectivity index (χ4v) is 4.47. The molecule has 0 bridgehead atoms. The van der Waals surface area contributed by atoms with Gasteiger partial charge in [0.15, 0.2) is 17.3 Å². The molecule has 3 aromatic rings. The Bertz CT molecular complexity index is 1320. The number of nitrogens with one attached hydrogen (secondary N) is 1. The SMILES string of the molecule is [C-]#[N+]c1ccc(Nc2ncnc3c2OCCN3C2CCN(C(=O)Oc3ccc(OC)cc3)CC2)c(F)c1. The molecule has 1 saturated heterocycles. The number of anilines is 3. The molecule has 2 aromatic carbocycles. The van der Waals surface area contributed by atoms with Gasteiger partial charge in [-0.05, 0) is 49.2 Å². The van der Waals surface area contributed by atoms with Crippen molar-refractivity contribution in [3.05, 3.63) is 66.0 Å². The summed E-state index contributed by atoms with van der Waals surface area (Å²) >= 11 is 0. The van der Waals surface area contributed by atoms with E-state index in [4.69, 9.17) is 20.8 Å². The van der Waals surface area contributed by atoms with E-state index in [-0.39, 0.29) is 23.5 Å². The molecule has 0 saturated carbocycles. The second-order valence-electron chi connectivity index (χ2n) is 8.58. The van der Waals surface area contributed by atoms with Crippen molar-refractivity contribution in [2.45, 2.75) is 18.9 Å². The molecule has 0 unspecified atom stereocenters. The molecule has 0 radical (unpaired) electrons. The predicted molar refractivity (Wildman–Crippen MR) is 134 cm³/mol. The van der Waals surface area contributed by atoms with Gasteiger partial charge in [-0.3, -0.25) is 0 Å². The number of halogens is 1. The van der Waals surface area contributed by atoms with Crippen LogP contribution in [0.1, 0.15) is 12.8 Å². The average molecular weight is 505 g/mol. The van der Waals surface area contributed by atoms with Crippen LogP contribution in [0.5, 0.6) is 17.2 Å². The number of piperidine rings is 1. The van der Waals surface area contributed by atoms with Crippen LogP contribution in [-0.4, -0.2) is 60.4 Å². The van der Waals surface area contributed by atoms with Gasteiger partial charge in [0.2, 0.25) is 5.75 Å². The van der Waals surface area contributed by atoms with Crippen LogP contribution in [0.3, 0.4) is 0 Å². The van der Waals surface area contributed by atoms with E-state index in [9.17, 15) is 9.18 Å². The number of carbonyl (C=O) groups excluding carboxylic acids is 1. The van der Waals surface area contributed by atoms with Gasteiger partial charge in [0.25, 0.3) is 0 Å². The van der Waals surface area contributed by atoms with Gasteiger partial charge in [-0.15, -0.1) is 0 Å². The van der Waals surface area contributed by atoms with E-state index in [1.807, 2.05) is 0 Å². The number of carbonyl (C=O) groups is 1. The zero-order valence-corrected chi connectivity index (χ0v) is 20.2. The van der Waals surface area contributed by atoms with Crippen molar-refractivity contribution in [1.29, 1.82) is 0 Å². The lowest BCUT2D eigenvalue weighted by Gasteiger charge is -2.41. The van der Waals surface area contributed by atoms with Crippen LogP contribution >= 0.6 is 0 Å². The Labute approximate surface area is 213 Å². The van der Waals surface area contributed by atoms with E-state index in [0.29, 0.717) is 55.1 Å². The molecular formula is C26H25FN6O4. The van der Waals surface area contributed by atoms with Crippen LogP contribution in [0.25, 0.3) is 4.85 Å². The summed E-state index contributed by atoms with van der Waals surface area (Å²) in [7, 11) is 1.58. The van der Waals surface area contributed by atoms with Crippen molar-refractivity contribution in [1.82, 2.24) is 14.9 Å². The summed E-state index contributed by atoms with van der Waals surface area (Å²) in [6.07, 6.45) is 2.49. The quantitative estimate of drug-likeness (QED) is 0.497. The van der Waals surface area contributed by atoms with E-state index in [1.54, 1.807) is 36.3 Å². The van der Waals surface area contributed by atoms with Crippen LogP contribution in [0.2, 0.25) is 0 Å². The highest BCUT2D eigenvalue weighted by molar-refractivity contribution is 5.73. The fourth-order valence-electron chi connectivity index (χ4n) is 4.47. The molecule has 37 heavy (non-hydrogen) atoms. The lowest BCUT2D eigenvalue weighted by atomic mass is 10.0. The molecular weight excluding hydrogens is 479 g/mol. The van der Waals surface area contributed by atoms with Gasteiger partial charge in [-0.25, -0.2) is 24.0 Å². The Morgan fingerprint density at radius 2 is 1.89 bits per heavy atom. The minimum absolute atomic E-state index is 0.144. The summed E-state index contributed by atoms with van der Waals surface area (Å²) < 4.78 is 31.0. The average Bonchev–Trinajstić information content (AvgIpc) is 2.94. The van der Waals surface area contributed by atoms with Gasteiger partial charge in [0, 0.05) is 19.1 Å². The molecule has 2 aliphatic rings. The first-order valence-electron chi connectivity index (χ1n) is 11.8. The number of nitrogens with zero attached hydrogens (tertiary/aromatic N) is 5. The molecule has 1 fully saturated rings. The monoisotopic (exact) mass is 504 g/mol. The second kappa shape index (κ2) is 10.6. The van der Waals surface area contributed by atoms with Crippen LogP contribution < -0.4 is 24.4 Å². The predicted octanol–water partition coefficient (Wildman–Crippen LogP) is 4.78. The molecule has 1 aromatic heterocycles. The fraction of sp³-hybridized carbons (Fsp3) is 0.308. The van der Waals surface area contributed by atoms with Crippen LogP contribution in [-0.2, 0) is 0 Å². The molecule has 1 N–H and O–H groups in total. The third kappa shape index (κ3) is 5.18. The van der Waals surface area contributed by atoms with Crippen molar-refractivity contribution in [3.63, 3.8) is 0 Å². The number of benzene rings is 2. The number of ether oxygens (including phenoxy) is 3. The second-order valence-corrected chi connectivity index (χ2v) is 8.58. The molecule has 10 nitrogen and oxygen atoms in total. The van der Waals surface area contributed by atoms with Gasteiger partial charge in [-0.1, -0.05) is 6.07 Å². The number of aromatic nitrogens is 2. The Balaban J connectivity index is 1.24. The number of methoxy groups -OCH3 is 1. The molecule has 0 spiro atoms. The topological polar surface area (TPSA) is 93.4 Å². The first kappa shape index (κ1) is 24.1. The highest BCUT2D eigenvalue weighted by Crippen LogP contribution is 2.39. The summed E-state index contributed by atoms with van der Waals surface area (Å²) in [5.74, 6) is 2.03. The van der Waals surface area contributed by atoms with Crippen molar-refractivity contribution in [3.8, 4) is 17.2 Å². The third-order valence-electron chi connectivity index (χ3n) is 6.40. The summed E-state index contributed by atoms with van der Waals surface area (Å²) in [5.41, 5.74) is 0.409. The van der Waals surface area contributed by atoms with E-state index in [2.05, 4.69) is 25.0 Å². The number of hydrogen-bond acceptors (Lipinski definition) is 8. The normalized spacial score (nSPS) is 15.3. The smallest absolute Gasteiger partial charge is 0.415 e. The maximum absolute atomic E-state index is 14.4. The third-order valence-corrected chi connectivity index (χ3v) is 6.40. The highest BCUT2D eigenvalue weighted by atomic mass is 19.1. The molecule has 190 valence electrons. The van der Waals surface area contributed by atoms with Crippen LogP contribution in [0.4, 0.5) is 32.2 Å². The lowest BCUT2D eigenvalue weighted by Crippen LogP contribution is -2.50. The van der Waals surface area contributed by atoms with Gasteiger partial charge >= 0.3 is 6.09 Å². The van der Waals surface area contributed by atoms with E-state index >= 15 is 0 Å². The minimum atomic E-state index is -0.553. The van der Waals surface area contributed by atoms with Crippen molar-refractivity contribution in [2.75, 3.05) is 43.6 Å². The Hall–Kier alpha value is -4.59. The van der Waals surface area contributed by atoms with Gasteiger partial charge in [-0.2, -0.15) is 0 Å². The van der Waals surface area contributed by atoms with Crippen LogP contribution in [0, 0.1) is 12.4 Å². The van der Waals surface area contributed by atoms with Gasteiger partial charge in [0.05, 0.1) is 25.9 Å². The number of amides is 1. The zero-order chi connectivity index (χ0) is 25.8. The van der Waals surface area contributed by atoms with E-state index in [0.717, 1.165) is 12.8 Å². The molecule has 2 aliphatic heterocycles. The van der Waals surface area contributed by atoms with Crippen molar-refractivity contribution < 1.29 is 23.4 Å². The molecule has 5 rings (SSSR count). The Morgan fingerprint density at radius 3 is 2.59 bits per heavy atom. The molecule has 0 aliphatic carbocycles. The molecule has 0 atom stereocenters. The summed E-state index contributed by atoms with van der Waals surface area (Å²) in [4.78, 5) is 28.5. The zero-order valence-electron chi connectivity index (χ0n) is 20.2.